The molecule has 3 N–H and O–H groups in total. The van der Waals surface area contributed by atoms with E-state index in [1.54, 1.807) is 0 Å². The van der Waals surface area contributed by atoms with Gasteiger partial charge < -0.3 is 20.2 Å². The van der Waals surface area contributed by atoms with Gasteiger partial charge in [0.15, 0.2) is 0 Å². The number of aromatic nitrogens is 2. The average molecular weight is 365 g/mol. The van der Waals surface area contributed by atoms with Crippen LogP contribution in [-0.4, -0.2) is 53.6 Å². The highest BCUT2D eigenvalue weighted by Gasteiger charge is 2.18. The van der Waals surface area contributed by atoms with Crippen molar-refractivity contribution in [1.82, 2.24) is 20.2 Å². The summed E-state index contributed by atoms with van der Waals surface area (Å²) in [5.41, 5.74) is 4.07. The summed E-state index contributed by atoms with van der Waals surface area (Å²) in [7, 11) is 0. The lowest BCUT2D eigenvalue weighted by molar-refractivity contribution is 0.233. The van der Waals surface area contributed by atoms with Crippen molar-refractivity contribution >= 4 is 16.7 Å². The van der Waals surface area contributed by atoms with E-state index in [0.717, 1.165) is 50.3 Å². The van der Waals surface area contributed by atoms with Crippen molar-refractivity contribution in [3.63, 3.8) is 0 Å². The Balaban J connectivity index is 1.24. The van der Waals surface area contributed by atoms with Gasteiger partial charge in [0.1, 0.15) is 0 Å². The van der Waals surface area contributed by atoms with Crippen molar-refractivity contribution in [2.75, 3.05) is 37.6 Å². The Morgan fingerprint density at radius 1 is 1.00 bits per heavy atom. The van der Waals surface area contributed by atoms with Crippen LogP contribution < -0.4 is 15.9 Å². The van der Waals surface area contributed by atoms with Gasteiger partial charge in [-0.15, -0.1) is 0 Å². The molecule has 3 aromatic rings. The first-order valence-corrected chi connectivity index (χ1v) is 9.64. The summed E-state index contributed by atoms with van der Waals surface area (Å²) >= 11 is 0. The quantitative estimate of drug-likeness (QED) is 0.626. The normalized spacial score (nSPS) is 16.7. The van der Waals surface area contributed by atoms with Gasteiger partial charge >= 0.3 is 5.69 Å². The van der Waals surface area contributed by atoms with Crippen LogP contribution in [-0.2, 0) is 6.54 Å². The fourth-order valence-electron chi connectivity index (χ4n) is 3.76. The molecule has 1 fully saturated rings. The molecule has 6 heteroatoms. The second kappa shape index (κ2) is 7.98. The number of aromatic amines is 2. The smallest absolute Gasteiger partial charge is 0.323 e. The van der Waals surface area contributed by atoms with Crippen molar-refractivity contribution in [2.45, 2.75) is 19.5 Å². The molecule has 1 aliphatic rings. The minimum Gasteiger partial charge on any atom is -0.369 e. The number of hydrogen-bond acceptors (Lipinski definition) is 4. The molecule has 2 aromatic carbocycles. The number of para-hydroxylation sites is 1. The molecule has 2 heterocycles. The maximum atomic E-state index is 11.4. The Hall–Kier alpha value is -2.57. The third-order valence-corrected chi connectivity index (χ3v) is 5.26. The number of fused-ring (bicyclic) bond motifs is 1. The van der Waals surface area contributed by atoms with Crippen molar-refractivity contribution in [3.8, 4) is 0 Å². The lowest BCUT2D eigenvalue weighted by atomic mass is 10.2. The highest BCUT2D eigenvalue weighted by atomic mass is 16.1. The summed E-state index contributed by atoms with van der Waals surface area (Å²) in [5.74, 6) is 0. The maximum absolute atomic E-state index is 11.4. The van der Waals surface area contributed by atoms with E-state index >= 15 is 0 Å². The molecule has 1 unspecified atom stereocenters. The van der Waals surface area contributed by atoms with Gasteiger partial charge in [-0.25, -0.2) is 4.79 Å². The van der Waals surface area contributed by atoms with Crippen molar-refractivity contribution in [1.29, 1.82) is 0 Å². The zero-order valence-corrected chi connectivity index (χ0v) is 15.7. The predicted octanol–water partition coefficient (Wildman–Crippen LogP) is 2.16. The topological polar surface area (TPSA) is 67.2 Å². The number of hydrogen-bond donors (Lipinski definition) is 3. The molecular formula is C21H27N5O. The summed E-state index contributed by atoms with van der Waals surface area (Å²) in [6.07, 6.45) is 0. The maximum Gasteiger partial charge on any atom is 0.323 e. The van der Waals surface area contributed by atoms with Gasteiger partial charge in [-0.1, -0.05) is 24.3 Å². The Kier molecular flexibility index (Phi) is 5.27. The first kappa shape index (κ1) is 17.8. The van der Waals surface area contributed by atoms with E-state index in [1.165, 1.54) is 11.3 Å². The van der Waals surface area contributed by atoms with Crippen LogP contribution in [0.4, 0.5) is 5.69 Å². The number of piperazine rings is 1. The third kappa shape index (κ3) is 4.40. The molecule has 0 bridgehead atoms. The third-order valence-electron chi connectivity index (χ3n) is 5.26. The number of anilines is 1. The van der Waals surface area contributed by atoms with Crippen LogP contribution in [0, 0.1) is 0 Å². The standard InChI is InChI=1S/C21H27N5O/c1-16(22-14-17-7-8-19-20(13-17)24-21(27)23-19)15-25-9-11-26(12-10-25)18-5-3-2-4-6-18/h2-8,13,16,22H,9-12,14-15H2,1H3,(H2,23,24,27). The zero-order chi connectivity index (χ0) is 18.6. The van der Waals surface area contributed by atoms with Crippen LogP contribution in [0.3, 0.4) is 0 Å². The molecule has 1 atom stereocenters. The fourth-order valence-corrected chi connectivity index (χ4v) is 3.76. The van der Waals surface area contributed by atoms with Crippen LogP contribution in [0.5, 0.6) is 0 Å². The van der Waals surface area contributed by atoms with Crippen molar-refractivity contribution in [3.05, 3.63) is 64.6 Å². The Morgan fingerprint density at radius 3 is 2.52 bits per heavy atom. The fraction of sp³-hybridized carbons (Fsp3) is 0.381. The van der Waals surface area contributed by atoms with Gasteiger partial charge in [-0.2, -0.15) is 0 Å². The number of nitrogens with one attached hydrogen (secondary N) is 3. The second-order valence-corrected chi connectivity index (χ2v) is 7.36. The molecule has 1 saturated heterocycles. The van der Waals surface area contributed by atoms with E-state index in [1.807, 2.05) is 12.1 Å². The summed E-state index contributed by atoms with van der Waals surface area (Å²) in [6, 6.07) is 17.1. The minimum absolute atomic E-state index is 0.155. The molecule has 4 rings (SSSR count). The molecule has 0 spiro atoms. The molecule has 1 aliphatic heterocycles. The lowest BCUT2D eigenvalue weighted by Gasteiger charge is -2.37. The van der Waals surface area contributed by atoms with E-state index in [9.17, 15) is 4.79 Å². The molecule has 27 heavy (non-hydrogen) atoms. The van der Waals surface area contributed by atoms with E-state index in [0.29, 0.717) is 6.04 Å². The summed E-state index contributed by atoms with van der Waals surface area (Å²) in [5, 5.41) is 3.60. The number of H-pyrrole nitrogens is 2. The molecule has 0 aliphatic carbocycles. The highest BCUT2D eigenvalue weighted by molar-refractivity contribution is 5.74. The molecular weight excluding hydrogens is 338 g/mol. The van der Waals surface area contributed by atoms with Crippen LogP contribution >= 0.6 is 0 Å². The summed E-state index contributed by atoms with van der Waals surface area (Å²) in [4.78, 5) is 22.0. The van der Waals surface area contributed by atoms with Crippen LogP contribution in [0.2, 0.25) is 0 Å². The monoisotopic (exact) mass is 365 g/mol. The predicted molar refractivity (Wildman–Crippen MR) is 110 cm³/mol. The number of imidazole rings is 1. The van der Waals surface area contributed by atoms with Crippen molar-refractivity contribution < 1.29 is 0 Å². The van der Waals surface area contributed by atoms with Gasteiger partial charge in [0.05, 0.1) is 11.0 Å². The summed E-state index contributed by atoms with van der Waals surface area (Å²) < 4.78 is 0. The SMILES string of the molecule is CC(CN1CCN(c2ccccc2)CC1)NCc1ccc2[nH]c(=O)[nH]c2c1. The van der Waals surface area contributed by atoms with E-state index < -0.39 is 0 Å². The molecule has 142 valence electrons. The van der Waals surface area contributed by atoms with E-state index in [4.69, 9.17) is 0 Å². The molecule has 0 radical (unpaired) electrons. The van der Waals surface area contributed by atoms with Gasteiger partial charge in [-0.05, 0) is 36.8 Å². The lowest BCUT2D eigenvalue weighted by Crippen LogP contribution is -2.50. The van der Waals surface area contributed by atoms with Gasteiger partial charge in [-0.3, -0.25) is 4.90 Å². The minimum atomic E-state index is -0.155. The molecule has 0 saturated carbocycles. The Labute approximate surface area is 159 Å². The van der Waals surface area contributed by atoms with Gasteiger partial charge in [0.2, 0.25) is 0 Å². The second-order valence-electron chi connectivity index (χ2n) is 7.36. The largest absolute Gasteiger partial charge is 0.369 e. The van der Waals surface area contributed by atoms with Crippen LogP contribution in [0.1, 0.15) is 12.5 Å². The van der Waals surface area contributed by atoms with Gasteiger partial charge in [0.25, 0.3) is 0 Å². The Bertz CT molecular complexity index is 924. The van der Waals surface area contributed by atoms with Crippen LogP contribution in [0.25, 0.3) is 11.0 Å². The molecule has 6 nitrogen and oxygen atoms in total. The number of benzene rings is 2. The van der Waals surface area contributed by atoms with Crippen LogP contribution in [0.15, 0.2) is 53.3 Å². The number of rotatable bonds is 6. The Morgan fingerprint density at radius 2 is 1.74 bits per heavy atom. The zero-order valence-electron chi connectivity index (χ0n) is 15.7. The summed E-state index contributed by atoms with van der Waals surface area (Å²) in [6.45, 7) is 8.43. The molecule has 0 amide bonds. The number of nitrogens with zero attached hydrogens (tertiary/aromatic N) is 2. The van der Waals surface area contributed by atoms with Crippen molar-refractivity contribution in [2.24, 2.45) is 0 Å². The highest BCUT2D eigenvalue weighted by Crippen LogP contribution is 2.15. The first-order chi connectivity index (χ1) is 13.2. The first-order valence-electron chi connectivity index (χ1n) is 9.64. The van der Waals surface area contributed by atoms with Gasteiger partial charge in [0, 0.05) is 51.0 Å². The van der Waals surface area contributed by atoms with E-state index in [-0.39, 0.29) is 5.69 Å². The molecule has 1 aromatic heterocycles. The average Bonchev–Trinajstić information content (AvgIpc) is 3.07. The van der Waals surface area contributed by atoms with E-state index in [2.05, 4.69) is 68.4 Å².